The first-order valence-corrected chi connectivity index (χ1v) is 7.82. The van der Waals surface area contributed by atoms with Gasteiger partial charge in [0.05, 0.1) is 5.69 Å². The van der Waals surface area contributed by atoms with Crippen LogP contribution in [0.25, 0.3) is 0 Å². The first-order chi connectivity index (χ1) is 9.15. The number of nitrogens with one attached hydrogen (secondary N) is 1. The Morgan fingerprint density at radius 3 is 2.84 bits per heavy atom. The van der Waals surface area contributed by atoms with E-state index in [1.54, 1.807) is 0 Å². The molecule has 1 aliphatic carbocycles. The zero-order chi connectivity index (χ0) is 13.8. The second-order valence-corrected chi connectivity index (χ2v) is 6.55. The lowest BCUT2D eigenvalue weighted by molar-refractivity contribution is 0.745. The number of nitrogens with zero attached hydrogens (tertiary/aromatic N) is 3. The number of hydrogen-bond acceptors (Lipinski definition) is 5. The molecular formula is C14H20N4S. The van der Waals surface area contributed by atoms with Crippen molar-refractivity contribution < 1.29 is 0 Å². The van der Waals surface area contributed by atoms with Crippen LogP contribution in [0.15, 0.2) is 0 Å². The van der Waals surface area contributed by atoms with Gasteiger partial charge >= 0.3 is 0 Å². The first-order valence-electron chi connectivity index (χ1n) is 6.77. The summed E-state index contributed by atoms with van der Waals surface area (Å²) in [4.78, 5) is 0. The fraction of sp³-hybridized carbons (Fsp3) is 0.643. The van der Waals surface area contributed by atoms with E-state index in [1.807, 2.05) is 25.6 Å². The van der Waals surface area contributed by atoms with Crippen molar-refractivity contribution in [3.8, 4) is 6.07 Å². The van der Waals surface area contributed by atoms with E-state index in [9.17, 15) is 5.26 Å². The standard InChI is InChI=1S/C14H20N4S/c1-4-19-12-6-5-11(7-12)16-14-13(8-15)9(2)10(3)17-18-14/h11-12H,4-7H2,1-3H3,(H,16,18). The largest absolute Gasteiger partial charge is 0.365 e. The molecular weight excluding hydrogens is 256 g/mol. The van der Waals surface area contributed by atoms with Crippen molar-refractivity contribution in [1.82, 2.24) is 10.2 Å². The maximum atomic E-state index is 9.27. The summed E-state index contributed by atoms with van der Waals surface area (Å²) in [6.45, 7) is 6.02. The second-order valence-electron chi connectivity index (χ2n) is 4.98. The topological polar surface area (TPSA) is 61.6 Å². The fourth-order valence-electron chi connectivity index (χ4n) is 2.50. The predicted octanol–water partition coefficient (Wildman–Crippen LogP) is 3.05. The number of rotatable bonds is 4. The summed E-state index contributed by atoms with van der Waals surface area (Å²) in [6.07, 6.45) is 3.55. The predicted molar refractivity (Wildman–Crippen MR) is 79.4 cm³/mol. The van der Waals surface area contributed by atoms with Crippen LogP contribution in [0.5, 0.6) is 0 Å². The van der Waals surface area contributed by atoms with Gasteiger partial charge in [0.15, 0.2) is 5.82 Å². The zero-order valence-electron chi connectivity index (χ0n) is 11.7. The lowest BCUT2D eigenvalue weighted by Crippen LogP contribution is -2.19. The minimum absolute atomic E-state index is 0.424. The number of aryl methyl sites for hydroxylation is 1. The molecule has 1 N–H and O–H groups in total. The molecule has 0 amide bonds. The van der Waals surface area contributed by atoms with E-state index >= 15 is 0 Å². The van der Waals surface area contributed by atoms with Gasteiger partial charge in [-0.05, 0) is 44.4 Å². The average molecular weight is 276 g/mol. The van der Waals surface area contributed by atoms with Crippen LogP contribution in [0.2, 0.25) is 0 Å². The van der Waals surface area contributed by atoms with Crippen LogP contribution in [0.3, 0.4) is 0 Å². The van der Waals surface area contributed by atoms with Gasteiger partial charge < -0.3 is 5.32 Å². The highest BCUT2D eigenvalue weighted by molar-refractivity contribution is 7.99. The van der Waals surface area contributed by atoms with E-state index in [-0.39, 0.29) is 0 Å². The van der Waals surface area contributed by atoms with Gasteiger partial charge in [0.1, 0.15) is 11.6 Å². The summed E-state index contributed by atoms with van der Waals surface area (Å²) in [5.41, 5.74) is 2.39. The molecule has 102 valence electrons. The van der Waals surface area contributed by atoms with Crippen LogP contribution in [0.1, 0.15) is 43.0 Å². The smallest absolute Gasteiger partial charge is 0.167 e. The molecule has 0 aromatic carbocycles. The Kier molecular flexibility index (Phi) is 4.65. The van der Waals surface area contributed by atoms with Crippen molar-refractivity contribution in [2.24, 2.45) is 0 Å². The van der Waals surface area contributed by atoms with E-state index in [2.05, 4.69) is 28.5 Å². The molecule has 1 aliphatic rings. The Morgan fingerprint density at radius 1 is 1.37 bits per heavy atom. The van der Waals surface area contributed by atoms with Crippen molar-refractivity contribution in [1.29, 1.82) is 5.26 Å². The van der Waals surface area contributed by atoms with Crippen molar-refractivity contribution in [3.63, 3.8) is 0 Å². The normalized spacial score (nSPS) is 22.2. The van der Waals surface area contributed by atoms with E-state index in [1.165, 1.54) is 12.2 Å². The highest BCUT2D eigenvalue weighted by atomic mass is 32.2. The summed E-state index contributed by atoms with van der Waals surface area (Å²) < 4.78 is 0. The number of hydrogen-bond donors (Lipinski definition) is 1. The van der Waals surface area contributed by atoms with Crippen LogP contribution in [0, 0.1) is 25.2 Å². The van der Waals surface area contributed by atoms with Crippen LogP contribution in [0.4, 0.5) is 5.82 Å². The molecule has 1 fully saturated rings. The summed E-state index contributed by atoms with van der Waals surface area (Å²) in [5, 5.41) is 21.7. The highest BCUT2D eigenvalue weighted by Gasteiger charge is 2.25. The van der Waals surface area contributed by atoms with Crippen LogP contribution in [-0.4, -0.2) is 27.2 Å². The zero-order valence-corrected chi connectivity index (χ0v) is 12.5. The molecule has 0 saturated heterocycles. The monoisotopic (exact) mass is 276 g/mol. The Hall–Kier alpha value is -1.28. The molecule has 0 spiro atoms. The molecule has 0 aliphatic heterocycles. The molecule has 2 unspecified atom stereocenters. The molecule has 2 rings (SSSR count). The van der Waals surface area contributed by atoms with E-state index in [4.69, 9.17) is 0 Å². The van der Waals surface area contributed by atoms with Gasteiger partial charge in [-0.15, -0.1) is 5.10 Å². The summed E-state index contributed by atoms with van der Waals surface area (Å²) in [6, 6.07) is 2.67. The minimum atomic E-state index is 0.424. The van der Waals surface area contributed by atoms with Crippen LogP contribution < -0.4 is 5.32 Å². The molecule has 0 radical (unpaired) electrons. The van der Waals surface area contributed by atoms with Gasteiger partial charge in [0.2, 0.25) is 0 Å². The highest BCUT2D eigenvalue weighted by Crippen LogP contribution is 2.32. The third-order valence-electron chi connectivity index (χ3n) is 3.69. The average Bonchev–Trinajstić information content (AvgIpc) is 2.82. The van der Waals surface area contributed by atoms with Crippen molar-refractivity contribution in [3.05, 3.63) is 16.8 Å². The van der Waals surface area contributed by atoms with E-state index < -0.39 is 0 Å². The van der Waals surface area contributed by atoms with E-state index in [0.29, 0.717) is 17.4 Å². The molecule has 19 heavy (non-hydrogen) atoms. The molecule has 1 aromatic rings. The third kappa shape index (κ3) is 3.19. The molecule has 1 heterocycles. The lowest BCUT2D eigenvalue weighted by atomic mass is 10.1. The third-order valence-corrected chi connectivity index (χ3v) is 4.93. The summed E-state index contributed by atoms with van der Waals surface area (Å²) >= 11 is 2.03. The molecule has 5 heteroatoms. The van der Waals surface area contributed by atoms with E-state index in [0.717, 1.165) is 29.3 Å². The lowest BCUT2D eigenvalue weighted by Gasteiger charge is -2.15. The molecule has 4 nitrogen and oxygen atoms in total. The summed E-state index contributed by atoms with van der Waals surface area (Å²) in [7, 11) is 0. The van der Waals surface area contributed by atoms with Gasteiger partial charge in [0, 0.05) is 11.3 Å². The molecule has 2 atom stereocenters. The maximum absolute atomic E-state index is 9.27. The van der Waals surface area contributed by atoms with Crippen LogP contribution in [-0.2, 0) is 0 Å². The van der Waals surface area contributed by atoms with Gasteiger partial charge in [-0.3, -0.25) is 0 Å². The van der Waals surface area contributed by atoms with Crippen molar-refractivity contribution in [2.45, 2.75) is 51.3 Å². The van der Waals surface area contributed by atoms with Gasteiger partial charge in [-0.25, -0.2) is 0 Å². The van der Waals surface area contributed by atoms with Crippen LogP contribution >= 0.6 is 11.8 Å². The molecule has 1 aromatic heterocycles. The fourth-order valence-corrected chi connectivity index (χ4v) is 3.64. The van der Waals surface area contributed by atoms with Gasteiger partial charge in [-0.2, -0.15) is 22.1 Å². The Morgan fingerprint density at radius 2 is 2.16 bits per heavy atom. The SMILES string of the molecule is CCSC1CCC(Nc2nnc(C)c(C)c2C#N)C1. The number of nitriles is 1. The Balaban J connectivity index is 2.09. The molecule has 0 bridgehead atoms. The quantitative estimate of drug-likeness (QED) is 0.915. The number of aromatic nitrogens is 2. The van der Waals surface area contributed by atoms with Gasteiger partial charge in [-0.1, -0.05) is 6.92 Å². The Bertz CT molecular complexity index is 495. The maximum Gasteiger partial charge on any atom is 0.167 e. The Labute approximate surface area is 119 Å². The van der Waals surface area contributed by atoms with Crippen molar-refractivity contribution >= 4 is 17.6 Å². The number of thioether (sulfide) groups is 1. The van der Waals surface area contributed by atoms with Crippen molar-refractivity contribution in [2.75, 3.05) is 11.1 Å². The minimum Gasteiger partial charge on any atom is -0.365 e. The second kappa shape index (κ2) is 6.25. The van der Waals surface area contributed by atoms with Gasteiger partial charge in [0.25, 0.3) is 0 Å². The number of anilines is 1. The first kappa shape index (κ1) is 14.1. The summed E-state index contributed by atoms with van der Waals surface area (Å²) in [5.74, 6) is 1.82. The molecule has 1 saturated carbocycles.